The molecule has 2 N–H and O–H groups in total. The fourth-order valence-corrected chi connectivity index (χ4v) is 1.89. The van der Waals surface area contributed by atoms with E-state index in [4.69, 9.17) is 14.6 Å². The third-order valence-corrected chi connectivity index (χ3v) is 2.90. The predicted octanol–water partition coefficient (Wildman–Crippen LogP) is 1.87. The molecule has 0 fully saturated rings. The van der Waals surface area contributed by atoms with Crippen molar-refractivity contribution in [2.24, 2.45) is 0 Å². The van der Waals surface area contributed by atoms with Crippen molar-refractivity contribution in [3.8, 4) is 11.5 Å². The van der Waals surface area contributed by atoms with Crippen LogP contribution in [0.25, 0.3) is 0 Å². The summed E-state index contributed by atoms with van der Waals surface area (Å²) in [6, 6.07) is 5.25. The number of carbonyl (C=O) groups excluding carboxylic acids is 1. The third-order valence-electron chi connectivity index (χ3n) is 2.90. The van der Waals surface area contributed by atoms with E-state index in [2.05, 4.69) is 12.2 Å². The van der Waals surface area contributed by atoms with Crippen LogP contribution in [0.3, 0.4) is 0 Å². The summed E-state index contributed by atoms with van der Waals surface area (Å²) in [5.41, 5.74) is 0.732. The summed E-state index contributed by atoms with van der Waals surface area (Å²) < 4.78 is 10.6. The molecule has 0 aliphatic carbocycles. The molecule has 1 unspecified atom stereocenters. The van der Waals surface area contributed by atoms with Crippen LogP contribution >= 0.6 is 0 Å². The van der Waals surface area contributed by atoms with Crippen LogP contribution in [0.4, 0.5) is 0 Å². The number of hydrogen-bond acceptors (Lipinski definition) is 4. The zero-order valence-electron chi connectivity index (χ0n) is 12.3. The molecule has 0 aliphatic rings. The molecule has 0 radical (unpaired) electrons. The lowest BCUT2D eigenvalue weighted by Gasteiger charge is -2.14. The highest BCUT2D eigenvalue weighted by Crippen LogP contribution is 2.27. The van der Waals surface area contributed by atoms with Gasteiger partial charge in [0.1, 0.15) is 0 Å². The molecule has 1 atom stereocenters. The Kier molecular flexibility index (Phi) is 6.87. The van der Waals surface area contributed by atoms with E-state index in [0.717, 1.165) is 18.4 Å². The summed E-state index contributed by atoms with van der Waals surface area (Å²) in [7, 11) is 1.52. The van der Waals surface area contributed by atoms with E-state index in [1.807, 2.05) is 6.92 Å². The standard InChI is InChI=1S/C15H23NO4/c1-4-5-11(2)16-15(18)10-20-13-7-6-12(9-17)8-14(13)19-3/h6-8,11,17H,4-5,9-10H2,1-3H3,(H,16,18). The first-order valence-corrected chi connectivity index (χ1v) is 6.80. The highest BCUT2D eigenvalue weighted by Gasteiger charge is 2.10. The second kappa shape index (κ2) is 8.43. The van der Waals surface area contributed by atoms with Crippen molar-refractivity contribution in [3.63, 3.8) is 0 Å². The van der Waals surface area contributed by atoms with Crippen LogP contribution in [0.5, 0.6) is 11.5 Å². The molecule has 0 aromatic heterocycles. The second-order valence-electron chi connectivity index (χ2n) is 4.69. The molecule has 0 bridgehead atoms. The summed E-state index contributed by atoms with van der Waals surface area (Å²) >= 11 is 0. The number of hydrogen-bond donors (Lipinski definition) is 2. The quantitative estimate of drug-likeness (QED) is 0.763. The number of ether oxygens (including phenoxy) is 2. The Morgan fingerprint density at radius 3 is 2.75 bits per heavy atom. The number of nitrogens with one attached hydrogen (secondary N) is 1. The molecule has 1 amide bonds. The van der Waals surface area contributed by atoms with Gasteiger partial charge in [-0.15, -0.1) is 0 Å². The van der Waals surface area contributed by atoms with Gasteiger partial charge in [0.25, 0.3) is 5.91 Å². The average molecular weight is 281 g/mol. The first kappa shape index (κ1) is 16.3. The minimum Gasteiger partial charge on any atom is -0.493 e. The summed E-state index contributed by atoms with van der Waals surface area (Å²) in [6.45, 7) is 3.93. The maximum Gasteiger partial charge on any atom is 0.258 e. The van der Waals surface area contributed by atoms with E-state index < -0.39 is 0 Å². The van der Waals surface area contributed by atoms with Crippen molar-refractivity contribution in [1.29, 1.82) is 0 Å². The Labute approximate surface area is 119 Å². The summed E-state index contributed by atoms with van der Waals surface area (Å²) in [6.07, 6.45) is 1.97. The van der Waals surface area contributed by atoms with Gasteiger partial charge in [-0.05, 0) is 31.0 Å². The van der Waals surface area contributed by atoms with Crippen LogP contribution in [0.2, 0.25) is 0 Å². The van der Waals surface area contributed by atoms with Crippen LogP contribution in [-0.2, 0) is 11.4 Å². The largest absolute Gasteiger partial charge is 0.493 e. The fraction of sp³-hybridized carbons (Fsp3) is 0.533. The van der Waals surface area contributed by atoms with Gasteiger partial charge in [0.05, 0.1) is 13.7 Å². The van der Waals surface area contributed by atoms with Gasteiger partial charge in [-0.2, -0.15) is 0 Å². The highest BCUT2D eigenvalue weighted by molar-refractivity contribution is 5.77. The first-order chi connectivity index (χ1) is 9.60. The molecular weight excluding hydrogens is 258 g/mol. The van der Waals surface area contributed by atoms with Gasteiger partial charge in [-0.1, -0.05) is 19.4 Å². The van der Waals surface area contributed by atoms with Crippen LogP contribution in [-0.4, -0.2) is 30.8 Å². The Morgan fingerprint density at radius 2 is 2.15 bits per heavy atom. The van der Waals surface area contributed by atoms with Crippen molar-refractivity contribution in [1.82, 2.24) is 5.32 Å². The third kappa shape index (κ3) is 5.09. The molecule has 5 nitrogen and oxygen atoms in total. The van der Waals surface area contributed by atoms with Gasteiger partial charge in [-0.3, -0.25) is 4.79 Å². The fourth-order valence-electron chi connectivity index (χ4n) is 1.89. The molecule has 0 saturated carbocycles. The Bertz CT molecular complexity index is 434. The van der Waals surface area contributed by atoms with Gasteiger partial charge >= 0.3 is 0 Å². The SMILES string of the molecule is CCCC(C)NC(=O)COc1ccc(CO)cc1OC. The van der Waals surface area contributed by atoms with Gasteiger partial charge in [-0.25, -0.2) is 0 Å². The average Bonchev–Trinajstić information content (AvgIpc) is 2.45. The lowest BCUT2D eigenvalue weighted by molar-refractivity contribution is -0.123. The number of amides is 1. The lowest BCUT2D eigenvalue weighted by atomic mass is 10.2. The van der Waals surface area contributed by atoms with E-state index >= 15 is 0 Å². The number of benzene rings is 1. The molecular formula is C15H23NO4. The minimum absolute atomic E-state index is 0.0527. The van der Waals surface area contributed by atoms with E-state index in [9.17, 15) is 4.79 Å². The van der Waals surface area contributed by atoms with E-state index in [0.29, 0.717) is 11.5 Å². The molecule has 20 heavy (non-hydrogen) atoms. The number of aliphatic hydroxyl groups excluding tert-OH is 1. The number of rotatable bonds is 8. The van der Waals surface area contributed by atoms with Crippen molar-refractivity contribution in [3.05, 3.63) is 23.8 Å². The molecule has 0 spiro atoms. The topological polar surface area (TPSA) is 67.8 Å². The highest BCUT2D eigenvalue weighted by atomic mass is 16.5. The molecule has 1 rings (SSSR count). The second-order valence-corrected chi connectivity index (χ2v) is 4.69. The van der Waals surface area contributed by atoms with E-state index in [1.54, 1.807) is 18.2 Å². The number of aliphatic hydroxyl groups is 1. The van der Waals surface area contributed by atoms with Gasteiger partial charge in [0.15, 0.2) is 18.1 Å². The van der Waals surface area contributed by atoms with Gasteiger partial charge < -0.3 is 19.9 Å². The summed E-state index contributed by atoms with van der Waals surface area (Å²) in [5, 5.41) is 11.9. The maximum atomic E-state index is 11.7. The minimum atomic E-state index is -0.153. The normalized spacial score (nSPS) is 11.8. The zero-order chi connectivity index (χ0) is 15.0. The van der Waals surface area contributed by atoms with E-state index in [-0.39, 0.29) is 25.2 Å². The van der Waals surface area contributed by atoms with Crippen molar-refractivity contribution in [2.45, 2.75) is 39.3 Å². The molecule has 1 aromatic carbocycles. The first-order valence-electron chi connectivity index (χ1n) is 6.80. The molecule has 5 heteroatoms. The number of methoxy groups -OCH3 is 1. The zero-order valence-corrected chi connectivity index (χ0v) is 12.3. The maximum absolute atomic E-state index is 11.7. The smallest absolute Gasteiger partial charge is 0.258 e. The van der Waals surface area contributed by atoms with Crippen LogP contribution in [0, 0.1) is 0 Å². The Balaban J connectivity index is 2.54. The molecule has 112 valence electrons. The predicted molar refractivity (Wildman–Crippen MR) is 76.9 cm³/mol. The monoisotopic (exact) mass is 281 g/mol. The number of carbonyl (C=O) groups is 1. The summed E-state index contributed by atoms with van der Waals surface area (Å²) in [5.74, 6) is 0.841. The van der Waals surface area contributed by atoms with Gasteiger partial charge in [0, 0.05) is 6.04 Å². The van der Waals surface area contributed by atoms with E-state index in [1.165, 1.54) is 7.11 Å². The molecule has 0 heterocycles. The van der Waals surface area contributed by atoms with Crippen molar-refractivity contribution in [2.75, 3.05) is 13.7 Å². The molecule has 1 aromatic rings. The summed E-state index contributed by atoms with van der Waals surface area (Å²) in [4.78, 5) is 11.7. The molecule has 0 aliphatic heterocycles. The van der Waals surface area contributed by atoms with Crippen LogP contribution < -0.4 is 14.8 Å². The van der Waals surface area contributed by atoms with Crippen molar-refractivity contribution < 1.29 is 19.4 Å². The van der Waals surface area contributed by atoms with Crippen LogP contribution in [0.15, 0.2) is 18.2 Å². The van der Waals surface area contributed by atoms with Crippen molar-refractivity contribution >= 4 is 5.91 Å². The Hall–Kier alpha value is -1.75. The van der Waals surface area contributed by atoms with Gasteiger partial charge in [0.2, 0.25) is 0 Å². The Morgan fingerprint density at radius 1 is 1.40 bits per heavy atom. The van der Waals surface area contributed by atoms with Crippen LogP contribution in [0.1, 0.15) is 32.3 Å². The lowest BCUT2D eigenvalue weighted by Crippen LogP contribution is -2.35. The molecule has 0 saturated heterocycles.